The number of anilines is 1. The summed E-state index contributed by atoms with van der Waals surface area (Å²) in [7, 11) is 0. The van der Waals surface area contributed by atoms with E-state index in [2.05, 4.69) is 5.32 Å². The molecule has 0 aliphatic carbocycles. The van der Waals surface area contributed by atoms with Crippen LogP contribution in [0.5, 0.6) is 0 Å². The van der Waals surface area contributed by atoms with Crippen molar-refractivity contribution in [1.82, 2.24) is 0 Å². The molecule has 0 aliphatic heterocycles. The number of Topliss-reactive ketones (excluding diaryl/α,β-unsaturated/α-hetero) is 1. The van der Waals surface area contributed by atoms with Crippen LogP contribution in [0.1, 0.15) is 35.7 Å². The number of carbonyl (C=O) groups is 3. The van der Waals surface area contributed by atoms with E-state index in [0.29, 0.717) is 16.3 Å². The molecule has 2 aromatic rings. The first-order valence-electron chi connectivity index (χ1n) is 8.31. The number of hydrogen-bond acceptors (Lipinski definition) is 4. The van der Waals surface area contributed by atoms with Gasteiger partial charge in [-0.1, -0.05) is 17.7 Å². The molecule has 1 N–H and O–H groups in total. The Morgan fingerprint density at radius 3 is 2.44 bits per heavy atom. The van der Waals surface area contributed by atoms with Crippen molar-refractivity contribution in [2.24, 2.45) is 0 Å². The quantitative estimate of drug-likeness (QED) is 0.563. The topological polar surface area (TPSA) is 72.5 Å². The Morgan fingerprint density at radius 1 is 1.11 bits per heavy atom. The molecule has 2 aromatic carbocycles. The first kappa shape index (κ1) is 20.6. The predicted molar refractivity (Wildman–Crippen MR) is 100 cm³/mol. The highest BCUT2D eigenvalue weighted by Gasteiger charge is 2.19. The van der Waals surface area contributed by atoms with Gasteiger partial charge in [0, 0.05) is 22.7 Å². The Kier molecular flexibility index (Phi) is 7.07. The average Bonchev–Trinajstić information content (AvgIpc) is 2.63. The van der Waals surface area contributed by atoms with Crippen LogP contribution in [0.3, 0.4) is 0 Å². The Bertz CT molecular complexity index is 852. The van der Waals surface area contributed by atoms with Crippen molar-refractivity contribution in [2.75, 3.05) is 5.32 Å². The van der Waals surface area contributed by atoms with Crippen LogP contribution in [0.25, 0.3) is 0 Å². The summed E-state index contributed by atoms with van der Waals surface area (Å²) < 4.78 is 17.9. The molecule has 2 rings (SSSR count). The minimum absolute atomic E-state index is 0.0911. The summed E-state index contributed by atoms with van der Waals surface area (Å²) in [6.07, 6.45) is -1.30. The molecule has 0 aromatic heterocycles. The van der Waals surface area contributed by atoms with E-state index in [1.54, 1.807) is 18.2 Å². The summed E-state index contributed by atoms with van der Waals surface area (Å²) in [6, 6.07) is 10.1. The lowest BCUT2D eigenvalue weighted by Crippen LogP contribution is -2.30. The number of hydrogen-bond donors (Lipinski definition) is 1. The fourth-order valence-electron chi connectivity index (χ4n) is 2.27. The average molecular weight is 392 g/mol. The van der Waals surface area contributed by atoms with E-state index in [1.165, 1.54) is 31.2 Å². The van der Waals surface area contributed by atoms with Crippen LogP contribution >= 0.6 is 11.6 Å². The molecule has 0 radical (unpaired) electrons. The van der Waals surface area contributed by atoms with Crippen molar-refractivity contribution in [1.29, 1.82) is 0 Å². The molecule has 7 heteroatoms. The highest BCUT2D eigenvalue weighted by molar-refractivity contribution is 6.31. The van der Waals surface area contributed by atoms with Crippen molar-refractivity contribution < 1.29 is 23.5 Å². The lowest BCUT2D eigenvalue weighted by atomic mass is 10.1. The van der Waals surface area contributed by atoms with E-state index >= 15 is 0 Å². The highest BCUT2D eigenvalue weighted by Crippen LogP contribution is 2.20. The fraction of sp³-hybridized carbons (Fsp3) is 0.250. The van der Waals surface area contributed by atoms with Crippen molar-refractivity contribution >= 4 is 34.9 Å². The third kappa shape index (κ3) is 6.18. The molecule has 0 saturated carbocycles. The zero-order chi connectivity index (χ0) is 20.0. The van der Waals surface area contributed by atoms with Gasteiger partial charge in [-0.3, -0.25) is 14.4 Å². The Morgan fingerprint density at radius 2 is 1.78 bits per heavy atom. The van der Waals surface area contributed by atoms with Crippen LogP contribution in [0.2, 0.25) is 5.02 Å². The minimum atomic E-state index is -1.03. The van der Waals surface area contributed by atoms with E-state index in [9.17, 15) is 18.8 Å². The molecule has 0 spiro atoms. The standard InChI is InChI=1S/C20H19ClFNO4/c1-12-3-6-15(21)11-17(12)23-20(26)13(2)27-19(25)10-9-18(24)14-4-7-16(22)8-5-14/h3-8,11,13H,9-10H2,1-2H3,(H,23,26). The number of amides is 1. The SMILES string of the molecule is Cc1ccc(Cl)cc1NC(=O)C(C)OC(=O)CCC(=O)c1ccc(F)cc1. The van der Waals surface area contributed by atoms with Gasteiger partial charge >= 0.3 is 5.97 Å². The molecule has 142 valence electrons. The van der Waals surface area contributed by atoms with E-state index in [4.69, 9.17) is 16.3 Å². The molecule has 1 atom stereocenters. The first-order chi connectivity index (χ1) is 12.8. The van der Waals surface area contributed by atoms with Gasteiger partial charge in [-0.15, -0.1) is 0 Å². The van der Waals surface area contributed by atoms with E-state index in [-0.39, 0.29) is 18.6 Å². The number of halogens is 2. The van der Waals surface area contributed by atoms with Gasteiger partial charge in [-0.05, 0) is 55.8 Å². The van der Waals surface area contributed by atoms with Crippen LogP contribution in [0.4, 0.5) is 10.1 Å². The van der Waals surface area contributed by atoms with Gasteiger partial charge in [0.15, 0.2) is 11.9 Å². The van der Waals surface area contributed by atoms with Gasteiger partial charge in [-0.25, -0.2) is 4.39 Å². The molecule has 0 fully saturated rings. The second-order valence-electron chi connectivity index (χ2n) is 6.01. The van der Waals surface area contributed by atoms with Gasteiger partial charge < -0.3 is 10.1 Å². The second kappa shape index (κ2) is 9.28. The maximum absolute atomic E-state index is 12.9. The van der Waals surface area contributed by atoms with Crippen LogP contribution in [0, 0.1) is 12.7 Å². The summed E-state index contributed by atoms with van der Waals surface area (Å²) in [5, 5.41) is 3.12. The molecule has 0 aliphatic rings. The maximum atomic E-state index is 12.9. The van der Waals surface area contributed by atoms with Crippen molar-refractivity contribution in [3.8, 4) is 0 Å². The first-order valence-corrected chi connectivity index (χ1v) is 8.69. The molecular formula is C20H19ClFNO4. The predicted octanol–water partition coefficient (Wildman–Crippen LogP) is 4.32. The van der Waals surface area contributed by atoms with Crippen molar-refractivity contribution in [3.05, 3.63) is 64.4 Å². The molecule has 0 bridgehead atoms. The molecule has 0 saturated heterocycles. The number of ketones is 1. The maximum Gasteiger partial charge on any atom is 0.307 e. The summed E-state index contributed by atoms with van der Waals surface area (Å²) >= 11 is 5.90. The zero-order valence-electron chi connectivity index (χ0n) is 14.9. The smallest absolute Gasteiger partial charge is 0.307 e. The highest BCUT2D eigenvalue weighted by atomic mass is 35.5. The van der Waals surface area contributed by atoms with Crippen LogP contribution in [-0.4, -0.2) is 23.8 Å². The number of ether oxygens (including phenoxy) is 1. The van der Waals surface area contributed by atoms with Gasteiger partial charge in [0.2, 0.25) is 0 Å². The Hall–Kier alpha value is -2.73. The number of rotatable bonds is 7. The Labute approximate surface area is 161 Å². The third-order valence-electron chi connectivity index (χ3n) is 3.86. The summed E-state index contributed by atoms with van der Waals surface area (Å²) in [5.74, 6) is -1.92. The molecular weight excluding hydrogens is 373 g/mol. The lowest BCUT2D eigenvalue weighted by molar-refractivity contribution is -0.153. The normalized spacial score (nSPS) is 11.6. The second-order valence-corrected chi connectivity index (χ2v) is 6.45. The molecule has 1 unspecified atom stereocenters. The van der Waals surface area contributed by atoms with Crippen LogP contribution < -0.4 is 5.32 Å². The Balaban J connectivity index is 1.83. The third-order valence-corrected chi connectivity index (χ3v) is 4.09. The molecule has 0 heterocycles. The van der Waals surface area contributed by atoms with Crippen LogP contribution in [-0.2, 0) is 14.3 Å². The lowest BCUT2D eigenvalue weighted by Gasteiger charge is -2.15. The summed E-state index contributed by atoms with van der Waals surface area (Å²) in [6.45, 7) is 3.25. The number of esters is 1. The van der Waals surface area contributed by atoms with Gasteiger partial charge in [0.1, 0.15) is 5.82 Å². The number of benzene rings is 2. The number of aryl methyl sites for hydroxylation is 1. The molecule has 1 amide bonds. The summed E-state index contributed by atoms with van der Waals surface area (Å²) in [4.78, 5) is 36.0. The van der Waals surface area contributed by atoms with Crippen LogP contribution in [0.15, 0.2) is 42.5 Å². The largest absolute Gasteiger partial charge is 0.453 e. The number of nitrogens with one attached hydrogen (secondary N) is 1. The van der Waals surface area contributed by atoms with E-state index in [1.807, 2.05) is 6.92 Å². The van der Waals surface area contributed by atoms with Crippen molar-refractivity contribution in [2.45, 2.75) is 32.8 Å². The minimum Gasteiger partial charge on any atom is -0.453 e. The molecule has 27 heavy (non-hydrogen) atoms. The van der Waals surface area contributed by atoms with Gasteiger partial charge in [0.25, 0.3) is 5.91 Å². The van der Waals surface area contributed by atoms with Gasteiger partial charge in [-0.2, -0.15) is 0 Å². The summed E-state index contributed by atoms with van der Waals surface area (Å²) in [5.41, 5.74) is 1.66. The van der Waals surface area contributed by atoms with E-state index in [0.717, 1.165) is 5.56 Å². The fourth-order valence-corrected chi connectivity index (χ4v) is 2.44. The monoisotopic (exact) mass is 391 g/mol. The van der Waals surface area contributed by atoms with Crippen molar-refractivity contribution in [3.63, 3.8) is 0 Å². The van der Waals surface area contributed by atoms with E-state index < -0.39 is 23.8 Å². The van der Waals surface area contributed by atoms with Gasteiger partial charge in [0.05, 0.1) is 6.42 Å². The number of carbonyl (C=O) groups excluding carboxylic acids is 3. The molecule has 5 nitrogen and oxygen atoms in total. The zero-order valence-corrected chi connectivity index (χ0v) is 15.7.